The number of carbonyl (C=O) groups is 2. The van der Waals surface area contributed by atoms with Crippen LogP contribution in [0.1, 0.15) is 10.4 Å². The highest BCUT2D eigenvalue weighted by Gasteiger charge is 2.26. The fourth-order valence-corrected chi connectivity index (χ4v) is 3.92. The normalized spacial score (nSPS) is 10.8. The number of hydrogen-bond acceptors (Lipinski definition) is 6. The number of ether oxygens (including phenoxy) is 2. The van der Waals surface area contributed by atoms with Crippen molar-refractivity contribution in [1.29, 1.82) is 0 Å². The SMILES string of the molecule is C=CCN(c1ccccc1)S(=O)(=O)c1ccc(Cl)c(C(=O)OCC(=O)OC)c1. The van der Waals surface area contributed by atoms with Gasteiger partial charge in [-0.3, -0.25) is 4.31 Å². The smallest absolute Gasteiger partial charge is 0.344 e. The van der Waals surface area contributed by atoms with Gasteiger partial charge in [0.15, 0.2) is 6.61 Å². The first-order chi connectivity index (χ1) is 13.3. The van der Waals surface area contributed by atoms with Gasteiger partial charge in [-0.2, -0.15) is 0 Å². The van der Waals surface area contributed by atoms with Crippen molar-refractivity contribution in [2.75, 3.05) is 24.6 Å². The van der Waals surface area contributed by atoms with Gasteiger partial charge in [0.05, 0.1) is 34.8 Å². The lowest BCUT2D eigenvalue weighted by atomic mass is 10.2. The molecule has 0 bridgehead atoms. The number of para-hydroxylation sites is 1. The first-order valence-electron chi connectivity index (χ1n) is 8.03. The fraction of sp³-hybridized carbons (Fsp3) is 0.158. The van der Waals surface area contributed by atoms with Gasteiger partial charge in [0, 0.05) is 0 Å². The van der Waals surface area contributed by atoms with Gasteiger partial charge in [0.25, 0.3) is 10.0 Å². The van der Waals surface area contributed by atoms with Crippen LogP contribution in [0, 0.1) is 0 Å². The Bertz CT molecular complexity index is 975. The van der Waals surface area contributed by atoms with Crippen LogP contribution < -0.4 is 4.31 Å². The minimum absolute atomic E-state index is 0.0104. The molecule has 2 aromatic rings. The summed E-state index contributed by atoms with van der Waals surface area (Å²) in [6, 6.07) is 12.1. The summed E-state index contributed by atoms with van der Waals surface area (Å²) in [6.45, 7) is 3.01. The Morgan fingerprint density at radius 1 is 1.18 bits per heavy atom. The molecule has 0 heterocycles. The predicted octanol–water partition coefficient (Wildman–Crippen LogP) is 3.05. The van der Waals surface area contributed by atoms with Crippen LogP contribution in [0.3, 0.4) is 0 Å². The second-order valence-electron chi connectivity index (χ2n) is 5.45. The number of hydrogen-bond donors (Lipinski definition) is 0. The lowest BCUT2D eigenvalue weighted by Gasteiger charge is -2.23. The lowest BCUT2D eigenvalue weighted by molar-refractivity contribution is -0.144. The van der Waals surface area contributed by atoms with Crippen molar-refractivity contribution in [2.45, 2.75) is 4.90 Å². The van der Waals surface area contributed by atoms with Gasteiger partial charge in [-0.25, -0.2) is 18.0 Å². The van der Waals surface area contributed by atoms with Crippen LogP contribution >= 0.6 is 11.6 Å². The van der Waals surface area contributed by atoms with Crippen molar-refractivity contribution in [3.05, 3.63) is 71.8 Å². The van der Waals surface area contributed by atoms with Gasteiger partial charge >= 0.3 is 11.9 Å². The molecular weight excluding hydrogens is 406 g/mol. The minimum atomic E-state index is -4.02. The Morgan fingerprint density at radius 3 is 2.46 bits per heavy atom. The molecule has 0 unspecified atom stereocenters. The van der Waals surface area contributed by atoms with E-state index in [2.05, 4.69) is 11.3 Å². The monoisotopic (exact) mass is 423 g/mol. The summed E-state index contributed by atoms with van der Waals surface area (Å²) in [5.74, 6) is -1.70. The number of benzene rings is 2. The van der Waals surface area contributed by atoms with Crippen molar-refractivity contribution >= 4 is 39.3 Å². The van der Waals surface area contributed by atoms with Crippen LogP contribution in [0.4, 0.5) is 5.69 Å². The molecule has 7 nitrogen and oxygen atoms in total. The summed E-state index contributed by atoms with van der Waals surface area (Å²) in [6.07, 6.45) is 1.45. The number of esters is 2. The van der Waals surface area contributed by atoms with Crippen LogP contribution in [-0.4, -0.2) is 40.6 Å². The molecule has 0 spiro atoms. The molecule has 0 amide bonds. The number of sulfonamides is 1. The highest BCUT2D eigenvalue weighted by Crippen LogP contribution is 2.27. The van der Waals surface area contributed by atoms with Gasteiger partial charge in [0.1, 0.15) is 0 Å². The predicted molar refractivity (Wildman–Crippen MR) is 105 cm³/mol. The molecule has 2 rings (SSSR count). The number of nitrogens with zero attached hydrogens (tertiary/aromatic N) is 1. The first kappa shape index (κ1) is 21.5. The van der Waals surface area contributed by atoms with Crippen LogP contribution in [0.15, 0.2) is 66.1 Å². The Balaban J connectivity index is 2.41. The van der Waals surface area contributed by atoms with Gasteiger partial charge in [-0.1, -0.05) is 35.9 Å². The van der Waals surface area contributed by atoms with Crippen molar-refractivity contribution in [2.24, 2.45) is 0 Å². The summed E-state index contributed by atoms with van der Waals surface area (Å²) in [5, 5.41) is -0.0104. The third-order valence-electron chi connectivity index (χ3n) is 3.63. The average Bonchev–Trinajstić information content (AvgIpc) is 2.70. The molecule has 0 atom stereocenters. The molecule has 0 aliphatic carbocycles. The molecule has 0 aliphatic rings. The lowest BCUT2D eigenvalue weighted by Crippen LogP contribution is -2.31. The second-order valence-corrected chi connectivity index (χ2v) is 7.72. The molecule has 2 aromatic carbocycles. The summed E-state index contributed by atoms with van der Waals surface area (Å²) in [5.41, 5.74) is 0.255. The van der Waals surface area contributed by atoms with E-state index in [1.165, 1.54) is 18.2 Å². The third kappa shape index (κ3) is 4.90. The number of rotatable bonds is 8. The average molecular weight is 424 g/mol. The number of halogens is 1. The zero-order valence-corrected chi connectivity index (χ0v) is 16.6. The molecule has 0 N–H and O–H groups in total. The second kappa shape index (κ2) is 9.38. The quantitative estimate of drug-likeness (QED) is 0.479. The Hall–Kier alpha value is -2.84. The number of anilines is 1. The molecule has 148 valence electrons. The molecule has 0 radical (unpaired) electrons. The summed E-state index contributed by atoms with van der Waals surface area (Å²) < 4.78 is 36.6. The number of methoxy groups -OCH3 is 1. The van der Waals surface area contributed by atoms with Crippen LogP contribution in [0.2, 0.25) is 5.02 Å². The summed E-state index contributed by atoms with van der Waals surface area (Å²) in [4.78, 5) is 23.2. The van der Waals surface area contributed by atoms with Crippen LogP contribution in [-0.2, 0) is 24.3 Å². The van der Waals surface area contributed by atoms with E-state index in [9.17, 15) is 18.0 Å². The Kier molecular flexibility index (Phi) is 7.19. The molecule has 0 saturated heterocycles. The fourth-order valence-electron chi connectivity index (χ4n) is 2.26. The first-order valence-corrected chi connectivity index (χ1v) is 9.85. The molecule has 0 aliphatic heterocycles. The molecule has 28 heavy (non-hydrogen) atoms. The molecular formula is C19H18ClNO6S. The molecule has 0 aromatic heterocycles. The molecule has 0 saturated carbocycles. The topological polar surface area (TPSA) is 90.0 Å². The van der Waals surface area contributed by atoms with Gasteiger partial charge in [0.2, 0.25) is 0 Å². The zero-order valence-electron chi connectivity index (χ0n) is 15.0. The minimum Gasteiger partial charge on any atom is -0.466 e. The van der Waals surface area contributed by atoms with Crippen molar-refractivity contribution in [3.8, 4) is 0 Å². The van der Waals surface area contributed by atoms with Crippen LogP contribution in [0.5, 0.6) is 0 Å². The maximum absolute atomic E-state index is 13.1. The molecule has 9 heteroatoms. The van der Waals surface area contributed by atoms with E-state index in [-0.39, 0.29) is 22.0 Å². The summed E-state index contributed by atoms with van der Waals surface area (Å²) >= 11 is 6.01. The van der Waals surface area contributed by atoms with Crippen molar-refractivity contribution in [1.82, 2.24) is 0 Å². The Labute approximate surface area is 168 Å². The van der Waals surface area contributed by atoms with Gasteiger partial charge < -0.3 is 9.47 Å². The standard InChI is InChI=1S/C19H18ClNO6S/c1-3-11-21(14-7-5-4-6-8-14)28(24,25)15-9-10-17(20)16(12-15)19(23)27-13-18(22)26-2/h3-10,12H,1,11,13H2,2H3. The van der Waals surface area contributed by atoms with E-state index < -0.39 is 28.6 Å². The van der Waals surface area contributed by atoms with E-state index in [1.54, 1.807) is 30.3 Å². The zero-order chi connectivity index (χ0) is 20.7. The maximum atomic E-state index is 13.1. The van der Waals surface area contributed by atoms with E-state index in [4.69, 9.17) is 16.3 Å². The van der Waals surface area contributed by atoms with E-state index in [0.717, 1.165) is 17.5 Å². The number of carbonyl (C=O) groups excluding carboxylic acids is 2. The maximum Gasteiger partial charge on any atom is 0.344 e. The van der Waals surface area contributed by atoms with E-state index in [0.29, 0.717) is 5.69 Å². The highest BCUT2D eigenvalue weighted by molar-refractivity contribution is 7.92. The van der Waals surface area contributed by atoms with E-state index in [1.807, 2.05) is 0 Å². The Morgan fingerprint density at radius 2 is 1.86 bits per heavy atom. The highest BCUT2D eigenvalue weighted by atomic mass is 35.5. The van der Waals surface area contributed by atoms with Crippen molar-refractivity contribution < 1.29 is 27.5 Å². The largest absolute Gasteiger partial charge is 0.466 e. The summed E-state index contributed by atoms with van der Waals surface area (Å²) in [7, 11) is -2.87. The van der Waals surface area contributed by atoms with Gasteiger partial charge in [-0.15, -0.1) is 6.58 Å². The van der Waals surface area contributed by atoms with Crippen LogP contribution in [0.25, 0.3) is 0 Å². The third-order valence-corrected chi connectivity index (χ3v) is 5.75. The molecule has 0 fully saturated rings. The van der Waals surface area contributed by atoms with Crippen molar-refractivity contribution in [3.63, 3.8) is 0 Å². The van der Waals surface area contributed by atoms with E-state index >= 15 is 0 Å². The van der Waals surface area contributed by atoms with Gasteiger partial charge in [-0.05, 0) is 30.3 Å².